The maximum absolute atomic E-state index is 5.44. The van der Waals surface area contributed by atoms with Gasteiger partial charge in [-0.1, -0.05) is 23.8 Å². The maximum atomic E-state index is 5.44. The minimum Gasteiger partial charge on any atom is -0.327 e. The molecule has 0 aromatic rings. The summed E-state index contributed by atoms with van der Waals surface area (Å²) in [5.74, 6) is 0. The maximum Gasteiger partial charge on any atom is 0.0137 e. The number of hydrogen-bond acceptors (Lipinski definition) is 1. The summed E-state index contributed by atoms with van der Waals surface area (Å²) >= 11 is 0. The summed E-state index contributed by atoms with van der Waals surface area (Å²) in [6, 6.07) is 0. The zero-order valence-corrected chi connectivity index (χ0v) is 7.22. The molecule has 1 heteroatoms. The van der Waals surface area contributed by atoms with Crippen molar-refractivity contribution in [1.82, 2.24) is 0 Å². The third kappa shape index (κ3) is 2.72. The van der Waals surface area contributed by atoms with E-state index in [1.807, 2.05) is 6.92 Å². The molecular formula is C10H15N. The van der Waals surface area contributed by atoms with E-state index in [0.717, 1.165) is 0 Å². The third-order valence-electron chi connectivity index (χ3n) is 1.85. The van der Waals surface area contributed by atoms with E-state index in [9.17, 15) is 0 Å². The van der Waals surface area contributed by atoms with E-state index >= 15 is 0 Å². The van der Waals surface area contributed by atoms with Crippen LogP contribution in [-0.2, 0) is 0 Å². The molecule has 1 aliphatic rings. The number of rotatable bonds is 3. The molecule has 0 bridgehead atoms. The lowest BCUT2D eigenvalue weighted by atomic mass is 10.2. The SMILES string of the molecule is C/C(=C/C=C(\C)CN)C1=CC1. The summed E-state index contributed by atoms with van der Waals surface area (Å²) in [6.45, 7) is 4.84. The van der Waals surface area contributed by atoms with Crippen molar-refractivity contribution in [2.45, 2.75) is 20.3 Å². The van der Waals surface area contributed by atoms with Crippen molar-refractivity contribution < 1.29 is 0 Å². The van der Waals surface area contributed by atoms with E-state index in [-0.39, 0.29) is 0 Å². The van der Waals surface area contributed by atoms with Gasteiger partial charge in [0.2, 0.25) is 0 Å². The van der Waals surface area contributed by atoms with E-state index in [0.29, 0.717) is 6.54 Å². The zero-order chi connectivity index (χ0) is 8.27. The first-order valence-electron chi connectivity index (χ1n) is 3.97. The van der Waals surface area contributed by atoms with E-state index in [1.54, 1.807) is 0 Å². The largest absolute Gasteiger partial charge is 0.327 e. The predicted molar refractivity (Wildman–Crippen MR) is 49.3 cm³/mol. The van der Waals surface area contributed by atoms with Crippen LogP contribution in [0.1, 0.15) is 20.3 Å². The highest BCUT2D eigenvalue weighted by molar-refractivity contribution is 5.43. The molecule has 1 aliphatic carbocycles. The second kappa shape index (κ2) is 3.54. The average Bonchev–Trinajstić information content (AvgIpc) is 2.81. The van der Waals surface area contributed by atoms with Gasteiger partial charge in [-0.15, -0.1) is 0 Å². The molecular weight excluding hydrogens is 134 g/mol. The fourth-order valence-corrected chi connectivity index (χ4v) is 0.815. The molecule has 0 unspecified atom stereocenters. The molecule has 0 radical (unpaired) electrons. The van der Waals surface area contributed by atoms with Crippen molar-refractivity contribution in [2.24, 2.45) is 5.73 Å². The minimum absolute atomic E-state index is 0.656. The van der Waals surface area contributed by atoms with Crippen molar-refractivity contribution in [3.8, 4) is 0 Å². The number of hydrogen-bond donors (Lipinski definition) is 1. The lowest BCUT2D eigenvalue weighted by molar-refractivity contribution is 1.14. The zero-order valence-electron chi connectivity index (χ0n) is 7.22. The van der Waals surface area contributed by atoms with Gasteiger partial charge in [0, 0.05) is 6.54 Å². The van der Waals surface area contributed by atoms with Gasteiger partial charge in [-0.05, 0) is 31.4 Å². The first-order chi connectivity index (χ1) is 5.24. The Morgan fingerprint density at radius 2 is 2.18 bits per heavy atom. The summed E-state index contributed by atoms with van der Waals surface area (Å²) in [7, 11) is 0. The second-order valence-electron chi connectivity index (χ2n) is 3.00. The summed E-state index contributed by atoms with van der Waals surface area (Å²) < 4.78 is 0. The van der Waals surface area contributed by atoms with Crippen LogP contribution in [0.15, 0.2) is 34.9 Å². The Balaban J connectivity index is 2.50. The molecule has 0 aliphatic heterocycles. The molecule has 0 amide bonds. The fourth-order valence-electron chi connectivity index (χ4n) is 0.815. The Morgan fingerprint density at radius 3 is 2.64 bits per heavy atom. The normalized spacial score (nSPS) is 18.3. The molecule has 0 heterocycles. The van der Waals surface area contributed by atoms with Crippen LogP contribution in [0.2, 0.25) is 0 Å². The Morgan fingerprint density at radius 1 is 1.55 bits per heavy atom. The van der Waals surface area contributed by atoms with E-state index in [4.69, 9.17) is 5.73 Å². The van der Waals surface area contributed by atoms with Gasteiger partial charge in [0.15, 0.2) is 0 Å². The Bertz CT molecular complexity index is 231. The molecule has 0 aromatic heterocycles. The lowest BCUT2D eigenvalue weighted by Gasteiger charge is -1.92. The predicted octanol–water partition coefficient (Wildman–Crippen LogP) is 2.17. The fraction of sp³-hybridized carbons (Fsp3) is 0.400. The van der Waals surface area contributed by atoms with Gasteiger partial charge in [0.1, 0.15) is 0 Å². The molecule has 11 heavy (non-hydrogen) atoms. The van der Waals surface area contributed by atoms with Gasteiger partial charge in [0.25, 0.3) is 0 Å². The van der Waals surface area contributed by atoms with Crippen LogP contribution in [0.3, 0.4) is 0 Å². The summed E-state index contributed by atoms with van der Waals surface area (Å²) in [6.07, 6.45) is 7.64. The van der Waals surface area contributed by atoms with Crippen molar-refractivity contribution in [3.63, 3.8) is 0 Å². The van der Waals surface area contributed by atoms with Crippen LogP contribution in [0.5, 0.6) is 0 Å². The smallest absolute Gasteiger partial charge is 0.0137 e. The monoisotopic (exact) mass is 149 g/mol. The second-order valence-corrected chi connectivity index (χ2v) is 3.00. The van der Waals surface area contributed by atoms with Gasteiger partial charge < -0.3 is 5.73 Å². The minimum atomic E-state index is 0.656. The quantitative estimate of drug-likeness (QED) is 0.611. The summed E-state index contributed by atoms with van der Waals surface area (Å²) in [5, 5.41) is 0. The Hall–Kier alpha value is -0.820. The first kappa shape index (κ1) is 8.28. The summed E-state index contributed by atoms with van der Waals surface area (Å²) in [5.41, 5.74) is 9.52. The van der Waals surface area contributed by atoms with Gasteiger partial charge in [0.05, 0.1) is 0 Å². The lowest BCUT2D eigenvalue weighted by Crippen LogP contribution is -1.98. The molecule has 1 rings (SSSR count). The molecule has 0 aromatic carbocycles. The van der Waals surface area contributed by atoms with Gasteiger partial charge in [-0.25, -0.2) is 0 Å². The van der Waals surface area contributed by atoms with Crippen molar-refractivity contribution in [1.29, 1.82) is 0 Å². The van der Waals surface area contributed by atoms with Gasteiger partial charge >= 0.3 is 0 Å². The van der Waals surface area contributed by atoms with Crippen molar-refractivity contribution in [3.05, 3.63) is 34.9 Å². The van der Waals surface area contributed by atoms with Crippen LogP contribution >= 0.6 is 0 Å². The van der Waals surface area contributed by atoms with Crippen LogP contribution in [-0.4, -0.2) is 6.54 Å². The van der Waals surface area contributed by atoms with E-state index in [2.05, 4.69) is 25.2 Å². The number of allylic oxidation sites excluding steroid dienone is 5. The van der Waals surface area contributed by atoms with Gasteiger partial charge in [-0.3, -0.25) is 0 Å². The molecule has 2 N–H and O–H groups in total. The highest BCUT2D eigenvalue weighted by Gasteiger charge is 2.07. The number of nitrogens with two attached hydrogens (primary N) is 1. The molecule has 1 nitrogen and oxygen atoms in total. The molecule has 0 spiro atoms. The molecule has 0 fully saturated rings. The van der Waals surface area contributed by atoms with Crippen LogP contribution in [0.25, 0.3) is 0 Å². The average molecular weight is 149 g/mol. The van der Waals surface area contributed by atoms with E-state index < -0.39 is 0 Å². The van der Waals surface area contributed by atoms with Crippen molar-refractivity contribution in [2.75, 3.05) is 6.54 Å². The topological polar surface area (TPSA) is 26.0 Å². The standard InChI is InChI=1S/C10H15N/c1-8(7-11)3-4-9(2)10-5-6-10/h3-5H,6-7,11H2,1-2H3/b8-3+,9-4-. The third-order valence-corrected chi connectivity index (χ3v) is 1.85. The molecule has 0 saturated carbocycles. The van der Waals surface area contributed by atoms with E-state index in [1.165, 1.54) is 23.1 Å². The van der Waals surface area contributed by atoms with Crippen molar-refractivity contribution >= 4 is 0 Å². The first-order valence-corrected chi connectivity index (χ1v) is 3.97. The Labute approximate surface area is 68.3 Å². The van der Waals surface area contributed by atoms with Crippen LogP contribution in [0, 0.1) is 0 Å². The van der Waals surface area contributed by atoms with Gasteiger partial charge in [-0.2, -0.15) is 0 Å². The Kier molecular flexibility index (Phi) is 2.66. The van der Waals surface area contributed by atoms with Crippen LogP contribution < -0.4 is 5.73 Å². The summed E-state index contributed by atoms with van der Waals surface area (Å²) in [4.78, 5) is 0. The molecule has 0 saturated heterocycles. The molecule has 0 atom stereocenters. The highest BCUT2D eigenvalue weighted by atomic mass is 14.5. The highest BCUT2D eigenvalue weighted by Crippen LogP contribution is 2.26. The van der Waals surface area contributed by atoms with Crippen LogP contribution in [0.4, 0.5) is 0 Å². The molecule has 60 valence electrons.